The molecule has 1 aromatic rings. The van der Waals surface area contributed by atoms with Crippen molar-refractivity contribution in [2.24, 2.45) is 5.41 Å². The van der Waals surface area contributed by atoms with Gasteiger partial charge in [0.1, 0.15) is 0 Å². The smallest absolute Gasteiger partial charge is 0.311 e. The summed E-state index contributed by atoms with van der Waals surface area (Å²) in [5.41, 5.74) is 0.206. The summed E-state index contributed by atoms with van der Waals surface area (Å²) in [6.07, 6.45) is 2.78. The predicted molar refractivity (Wildman–Crippen MR) is 97.7 cm³/mol. The lowest BCUT2D eigenvalue weighted by atomic mass is 9.85. The van der Waals surface area contributed by atoms with Crippen molar-refractivity contribution in [1.82, 2.24) is 4.90 Å². The van der Waals surface area contributed by atoms with Gasteiger partial charge in [0.15, 0.2) is 6.29 Å². The fraction of sp³-hybridized carbons (Fsp3) is 0.550. The molecule has 0 aliphatic heterocycles. The summed E-state index contributed by atoms with van der Waals surface area (Å²) in [5, 5.41) is 0. The van der Waals surface area contributed by atoms with E-state index in [9.17, 15) is 14.4 Å². The van der Waals surface area contributed by atoms with Crippen LogP contribution in [0.15, 0.2) is 24.3 Å². The molecule has 0 heterocycles. The van der Waals surface area contributed by atoms with Crippen LogP contribution in [-0.2, 0) is 9.53 Å². The average Bonchev–Trinajstić information content (AvgIpc) is 2.61. The van der Waals surface area contributed by atoms with Crippen molar-refractivity contribution in [1.29, 1.82) is 0 Å². The summed E-state index contributed by atoms with van der Waals surface area (Å²) in [4.78, 5) is 37.6. The number of amides is 1. The van der Waals surface area contributed by atoms with Crippen LogP contribution in [0.1, 0.15) is 67.7 Å². The monoisotopic (exact) mass is 347 g/mol. The highest BCUT2D eigenvalue weighted by molar-refractivity contribution is 6.01. The molecule has 25 heavy (non-hydrogen) atoms. The Morgan fingerprint density at radius 1 is 1.24 bits per heavy atom. The summed E-state index contributed by atoms with van der Waals surface area (Å²) in [5.74, 6) is -0.395. The van der Waals surface area contributed by atoms with E-state index in [0.29, 0.717) is 36.9 Å². The molecule has 1 aromatic carbocycles. The van der Waals surface area contributed by atoms with Crippen LogP contribution in [0.4, 0.5) is 0 Å². The number of hydrogen-bond donors (Lipinski definition) is 0. The molecule has 1 atom stereocenters. The molecule has 0 aromatic heterocycles. The molecule has 0 bridgehead atoms. The SMILES string of the molecule is CCOC(=O)C(C)(C)CCC(CC)N(C)C(=O)c1ccccc1C=O. The second kappa shape index (κ2) is 9.35. The first-order valence-corrected chi connectivity index (χ1v) is 8.77. The van der Waals surface area contributed by atoms with Crippen LogP contribution < -0.4 is 0 Å². The minimum atomic E-state index is -0.589. The molecule has 138 valence electrons. The molecule has 1 amide bonds. The Balaban J connectivity index is 2.83. The van der Waals surface area contributed by atoms with E-state index >= 15 is 0 Å². The van der Waals surface area contributed by atoms with E-state index in [0.717, 1.165) is 6.42 Å². The second-order valence-corrected chi connectivity index (χ2v) is 6.83. The van der Waals surface area contributed by atoms with Gasteiger partial charge >= 0.3 is 5.97 Å². The number of esters is 1. The van der Waals surface area contributed by atoms with E-state index in [4.69, 9.17) is 4.74 Å². The molecule has 0 spiro atoms. The number of carbonyl (C=O) groups is 3. The van der Waals surface area contributed by atoms with Gasteiger partial charge < -0.3 is 9.64 Å². The molecule has 0 radical (unpaired) electrons. The second-order valence-electron chi connectivity index (χ2n) is 6.83. The Bertz CT molecular complexity index is 609. The van der Waals surface area contributed by atoms with Crippen molar-refractivity contribution in [3.63, 3.8) is 0 Å². The lowest BCUT2D eigenvalue weighted by molar-refractivity contribution is -0.153. The zero-order valence-electron chi connectivity index (χ0n) is 15.9. The van der Waals surface area contributed by atoms with Gasteiger partial charge in [-0.25, -0.2) is 0 Å². The Morgan fingerprint density at radius 3 is 2.44 bits per heavy atom. The summed E-state index contributed by atoms with van der Waals surface area (Å²) in [6.45, 7) is 7.89. The van der Waals surface area contributed by atoms with Crippen molar-refractivity contribution in [2.45, 2.75) is 53.0 Å². The Hall–Kier alpha value is -2.17. The highest BCUT2D eigenvalue weighted by Gasteiger charge is 2.31. The molecule has 0 aliphatic rings. The third-order valence-electron chi connectivity index (χ3n) is 4.59. The number of aldehydes is 1. The van der Waals surface area contributed by atoms with Crippen LogP contribution in [0.25, 0.3) is 0 Å². The summed E-state index contributed by atoms with van der Waals surface area (Å²) >= 11 is 0. The van der Waals surface area contributed by atoms with E-state index in [1.165, 1.54) is 0 Å². The summed E-state index contributed by atoms with van der Waals surface area (Å²) in [7, 11) is 1.75. The maximum atomic E-state index is 12.8. The quantitative estimate of drug-likeness (QED) is 0.504. The van der Waals surface area contributed by atoms with Crippen LogP contribution in [0.5, 0.6) is 0 Å². The number of rotatable bonds is 9. The van der Waals surface area contributed by atoms with Crippen molar-refractivity contribution in [2.75, 3.05) is 13.7 Å². The molecule has 5 nitrogen and oxygen atoms in total. The van der Waals surface area contributed by atoms with E-state index < -0.39 is 5.41 Å². The lowest BCUT2D eigenvalue weighted by Gasteiger charge is -2.31. The van der Waals surface area contributed by atoms with Gasteiger partial charge in [0.2, 0.25) is 0 Å². The van der Waals surface area contributed by atoms with Crippen LogP contribution in [0, 0.1) is 5.41 Å². The van der Waals surface area contributed by atoms with Crippen LogP contribution in [0.3, 0.4) is 0 Å². The van der Waals surface area contributed by atoms with Crippen molar-refractivity contribution >= 4 is 18.2 Å². The molecular weight excluding hydrogens is 318 g/mol. The maximum absolute atomic E-state index is 12.8. The van der Waals surface area contributed by atoms with Crippen molar-refractivity contribution in [3.05, 3.63) is 35.4 Å². The molecule has 0 saturated heterocycles. The topological polar surface area (TPSA) is 63.7 Å². The fourth-order valence-electron chi connectivity index (χ4n) is 2.78. The van der Waals surface area contributed by atoms with Crippen molar-refractivity contribution < 1.29 is 19.1 Å². The first-order valence-electron chi connectivity index (χ1n) is 8.77. The molecule has 0 aliphatic carbocycles. The van der Waals surface area contributed by atoms with Gasteiger partial charge in [-0.3, -0.25) is 14.4 Å². The van der Waals surface area contributed by atoms with Gasteiger partial charge in [0.05, 0.1) is 17.6 Å². The molecule has 1 unspecified atom stereocenters. The van der Waals surface area contributed by atoms with Crippen molar-refractivity contribution in [3.8, 4) is 0 Å². The largest absolute Gasteiger partial charge is 0.466 e. The normalized spacial score (nSPS) is 12.4. The van der Waals surface area contributed by atoms with Crippen LogP contribution in [-0.4, -0.2) is 42.8 Å². The standard InChI is InChI=1S/C20H29NO4/c1-6-16(12-13-20(3,4)19(24)25-7-2)21(5)18(23)17-11-9-8-10-15(17)14-22/h8-11,14,16H,6-7,12-13H2,1-5H3. The average molecular weight is 347 g/mol. The molecule has 0 fully saturated rings. The zero-order valence-corrected chi connectivity index (χ0v) is 15.9. The summed E-state index contributed by atoms with van der Waals surface area (Å²) in [6, 6.07) is 6.77. The van der Waals surface area contributed by atoms with Gasteiger partial charge in [-0.2, -0.15) is 0 Å². The molecule has 0 N–H and O–H groups in total. The van der Waals surface area contributed by atoms with E-state index in [2.05, 4.69) is 0 Å². The number of carbonyl (C=O) groups excluding carboxylic acids is 3. The molecular formula is C20H29NO4. The van der Waals surface area contributed by atoms with Crippen LogP contribution in [0.2, 0.25) is 0 Å². The molecule has 0 saturated carbocycles. The minimum Gasteiger partial charge on any atom is -0.466 e. The number of ether oxygens (including phenoxy) is 1. The Kier molecular flexibility index (Phi) is 7.81. The van der Waals surface area contributed by atoms with Gasteiger partial charge in [-0.1, -0.05) is 25.1 Å². The van der Waals surface area contributed by atoms with E-state index in [1.54, 1.807) is 43.1 Å². The first kappa shape index (κ1) is 20.9. The summed E-state index contributed by atoms with van der Waals surface area (Å²) < 4.78 is 5.12. The van der Waals surface area contributed by atoms with Gasteiger partial charge in [-0.05, 0) is 46.1 Å². The minimum absolute atomic E-state index is 0.0130. The highest BCUT2D eigenvalue weighted by Crippen LogP contribution is 2.27. The Labute approximate surface area is 150 Å². The van der Waals surface area contributed by atoms with E-state index in [1.807, 2.05) is 20.8 Å². The first-order chi connectivity index (χ1) is 11.8. The number of nitrogens with zero attached hydrogens (tertiary/aromatic N) is 1. The van der Waals surface area contributed by atoms with Gasteiger partial charge in [0, 0.05) is 18.7 Å². The van der Waals surface area contributed by atoms with Crippen LogP contribution >= 0.6 is 0 Å². The lowest BCUT2D eigenvalue weighted by Crippen LogP contribution is -2.38. The third kappa shape index (κ3) is 5.41. The third-order valence-corrected chi connectivity index (χ3v) is 4.59. The molecule has 5 heteroatoms. The van der Waals surface area contributed by atoms with E-state index in [-0.39, 0.29) is 17.9 Å². The number of benzene rings is 1. The predicted octanol–water partition coefficient (Wildman–Crippen LogP) is 3.72. The zero-order chi connectivity index (χ0) is 19.0. The molecule has 1 rings (SSSR count). The maximum Gasteiger partial charge on any atom is 0.311 e. The van der Waals surface area contributed by atoms with Gasteiger partial charge in [0.25, 0.3) is 5.91 Å². The number of hydrogen-bond acceptors (Lipinski definition) is 4. The highest BCUT2D eigenvalue weighted by atomic mass is 16.5. The van der Waals surface area contributed by atoms with Gasteiger partial charge in [-0.15, -0.1) is 0 Å². The Morgan fingerprint density at radius 2 is 1.88 bits per heavy atom. The fourth-order valence-corrected chi connectivity index (χ4v) is 2.78.